The second-order valence-corrected chi connectivity index (χ2v) is 10.6. The number of amides is 1. The summed E-state index contributed by atoms with van der Waals surface area (Å²) < 4.78 is 33.4. The van der Waals surface area contributed by atoms with Crippen LogP contribution in [0.4, 0.5) is 0 Å². The molecular weight excluding hydrogens is 430 g/mol. The van der Waals surface area contributed by atoms with Crippen LogP contribution in [0.3, 0.4) is 0 Å². The molecule has 1 aromatic rings. The molecule has 0 aliphatic carbocycles. The van der Waals surface area contributed by atoms with Crippen LogP contribution < -0.4 is 10.0 Å². The average Bonchev–Trinajstić information content (AvgIpc) is 2.79. The number of carbonyl (C=O) groups is 1. The molecule has 32 heavy (non-hydrogen) atoms. The first-order chi connectivity index (χ1) is 15.4. The number of hydrogen-bond donors (Lipinski definition) is 3. The van der Waals surface area contributed by atoms with Crippen molar-refractivity contribution >= 4 is 15.9 Å². The smallest absolute Gasteiger partial charge is 0.240 e. The van der Waals surface area contributed by atoms with Crippen molar-refractivity contribution in [2.75, 3.05) is 32.8 Å². The molecule has 0 unspecified atom stereocenters. The van der Waals surface area contributed by atoms with E-state index < -0.39 is 16.1 Å². The van der Waals surface area contributed by atoms with Gasteiger partial charge in [-0.25, -0.2) is 13.1 Å². The van der Waals surface area contributed by atoms with Crippen LogP contribution in [0, 0.1) is 6.92 Å². The van der Waals surface area contributed by atoms with Crippen LogP contribution in [0.1, 0.15) is 50.5 Å². The number of carbonyl (C=O) groups excluding carboxylic acids is 1. The zero-order valence-corrected chi connectivity index (χ0v) is 19.8. The van der Waals surface area contributed by atoms with E-state index in [-0.39, 0.29) is 36.1 Å². The van der Waals surface area contributed by atoms with Gasteiger partial charge in [0, 0.05) is 19.5 Å². The summed E-state index contributed by atoms with van der Waals surface area (Å²) in [5.41, 5.74) is 1.00. The number of nitrogens with zero attached hydrogens (tertiary/aromatic N) is 1. The Balaban J connectivity index is 1.39. The van der Waals surface area contributed by atoms with Gasteiger partial charge in [0.2, 0.25) is 15.9 Å². The molecule has 9 heteroatoms. The number of rotatable bonds is 10. The van der Waals surface area contributed by atoms with Crippen LogP contribution in [-0.2, 0) is 19.6 Å². The molecule has 2 saturated heterocycles. The lowest BCUT2D eigenvalue weighted by atomic mass is 9.97. The van der Waals surface area contributed by atoms with Crippen molar-refractivity contribution in [2.24, 2.45) is 0 Å². The van der Waals surface area contributed by atoms with Gasteiger partial charge in [-0.3, -0.25) is 4.79 Å². The molecule has 0 radical (unpaired) electrons. The molecule has 2 aliphatic heterocycles. The third-order valence-electron chi connectivity index (χ3n) is 6.34. The van der Waals surface area contributed by atoms with E-state index in [4.69, 9.17) is 4.74 Å². The highest BCUT2D eigenvalue weighted by atomic mass is 32.2. The molecule has 0 aromatic heterocycles. The minimum Gasteiger partial charge on any atom is -0.394 e. The Labute approximate surface area is 191 Å². The first kappa shape index (κ1) is 25.1. The molecule has 0 bridgehead atoms. The summed E-state index contributed by atoms with van der Waals surface area (Å²) in [4.78, 5) is 15.0. The van der Waals surface area contributed by atoms with Crippen LogP contribution in [0.5, 0.6) is 0 Å². The SMILES string of the molecule is Cc1ccc(S(=O)(=O)NCC[C@H]2CC[C@@H](NC(=O)CCN3CCCCC3)[C@@H](CO)O2)cc1. The summed E-state index contributed by atoms with van der Waals surface area (Å²) in [7, 11) is -3.56. The fourth-order valence-corrected chi connectivity index (χ4v) is 5.43. The summed E-state index contributed by atoms with van der Waals surface area (Å²) in [6, 6.07) is 6.51. The third-order valence-corrected chi connectivity index (χ3v) is 7.81. The molecule has 1 amide bonds. The molecular formula is C23H37N3O5S. The maximum atomic E-state index is 12.4. The van der Waals surface area contributed by atoms with E-state index in [1.165, 1.54) is 19.3 Å². The molecule has 3 rings (SSSR count). The number of hydrogen-bond acceptors (Lipinski definition) is 6. The number of nitrogens with one attached hydrogen (secondary N) is 2. The number of sulfonamides is 1. The average molecular weight is 468 g/mol. The summed E-state index contributed by atoms with van der Waals surface area (Å²) in [5, 5.41) is 12.8. The number of ether oxygens (including phenoxy) is 1. The molecule has 2 aliphatic rings. The van der Waals surface area contributed by atoms with Crippen LogP contribution in [-0.4, -0.2) is 75.4 Å². The maximum absolute atomic E-state index is 12.4. The van der Waals surface area contributed by atoms with Crippen molar-refractivity contribution in [1.29, 1.82) is 0 Å². The maximum Gasteiger partial charge on any atom is 0.240 e. The Morgan fingerprint density at radius 1 is 1.16 bits per heavy atom. The topological polar surface area (TPSA) is 108 Å². The second-order valence-electron chi connectivity index (χ2n) is 8.88. The fourth-order valence-electron chi connectivity index (χ4n) is 4.39. The lowest BCUT2D eigenvalue weighted by Gasteiger charge is -2.36. The summed E-state index contributed by atoms with van der Waals surface area (Å²) in [5.74, 6) is -0.00747. The standard InChI is InChI=1S/C23H37N3O5S/c1-18-5-8-20(9-6-18)32(29,30)24-13-11-19-7-10-21(22(17-27)31-19)25-23(28)12-16-26-14-3-2-4-15-26/h5-6,8-9,19,21-22,24,27H,2-4,7,10-17H2,1H3,(H,25,28)/t19-,21-,22-/m1/s1. The Morgan fingerprint density at radius 3 is 2.56 bits per heavy atom. The monoisotopic (exact) mass is 467 g/mol. The summed E-state index contributed by atoms with van der Waals surface area (Å²) in [6.07, 6.45) is 5.43. The Kier molecular flexibility index (Phi) is 9.48. The predicted octanol–water partition coefficient (Wildman–Crippen LogP) is 1.56. The fraction of sp³-hybridized carbons (Fsp3) is 0.696. The van der Waals surface area contributed by atoms with E-state index in [9.17, 15) is 18.3 Å². The normalized spacial score (nSPS) is 24.9. The Morgan fingerprint density at radius 2 is 1.88 bits per heavy atom. The number of piperidine rings is 1. The number of aryl methyl sites for hydroxylation is 1. The Bertz CT molecular complexity index is 825. The zero-order valence-electron chi connectivity index (χ0n) is 19.0. The van der Waals surface area contributed by atoms with Crippen LogP contribution in [0.2, 0.25) is 0 Å². The highest BCUT2D eigenvalue weighted by Gasteiger charge is 2.32. The molecule has 2 fully saturated rings. The molecule has 8 nitrogen and oxygen atoms in total. The van der Waals surface area contributed by atoms with Crippen molar-refractivity contribution in [3.8, 4) is 0 Å². The van der Waals surface area contributed by atoms with E-state index in [2.05, 4.69) is 14.9 Å². The number of aliphatic hydroxyl groups excluding tert-OH is 1. The molecule has 180 valence electrons. The van der Waals surface area contributed by atoms with E-state index in [1.807, 2.05) is 6.92 Å². The lowest BCUT2D eigenvalue weighted by Crippen LogP contribution is -2.51. The Hall–Kier alpha value is -1.52. The number of aliphatic hydroxyl groups is 1. The first-order valence-corrected chi connectivity index (χ1v) is 13.2. The number of likely N-dealkylation sites (tertiary alicyclic amines) is 1. The minimum atomic E-state index is -3.56. The van der Waals surface area contributed by atoms with Gasteiger partial charge in [-0.15, -0.1) is 0 Å². The van der Waals surface area contributed by atoms with E-state index in [0.717, 1.165) is 25.2 Å². The highest BCUT2D eigenvalue weighted by molar-refractivity contribution is 7.89. The van der Waals surface area contributed by atoms with Crippen molar-refractivity contribution in [3.05, 3.63) is 29.8 Å². The van der Waals surface area contributed by atoms with E-state index in [0.29, 0.717) is 25.7 Å². The van der Waals surface area contributed by atoms with Crippen molar-refractivity contribution < 1.29 is 23.1 Å². The van der Waals surface area contributed by atoms with Gasteiger partial charge >= 0.3 is 0 Å². The molecule has 2 heterocycles. The van der Waals surface area contributed by atoms with Gasteiger partial charge in [0.05, 0.1) is 23.6 Å². The highest BCUT2D eigenvalue weighted by Crippen LogP contribution is 2.22. The van der Waals surface area contributed by atoms with Gasteiger partial charge in [-0.05, 0) is 64.3 Å². The largest absolute Gasteiger partial charge is 0.394 e. The molecule has 1 aromatic carbocycles. The van der Waals surface area contributed by atoms with Gasteiger partial charge in [0.15, 0.2) is 0 Å². The summed E-state index contributed by atoms with van der Waals surface area (Å²) in [6.45, 7) is 4.89. The van der Waals surface area contributed by atoms with Gasteiger partial charge in [-0.2, -0.15) is 0 Å². The van der Waals surface area contributed by atoms with Gasteiger partial charge in [0.25, 0.3) is 0 Å². The van der Waals surface area contributed by atoms with Crippen LogP contribution in [0.25, 0.3) is 0 Å². The lowest BCUT2D eigenvalue weighted by molar-refractivity contribution is -0.128. The molecule has 3 N–H and O–H groups in total. The zero-order chi connectivity index (χ0) is 23.0. The number of benzene rings is 1. The van der Waals surface area contributed by atoms with Gasteiger partial charge in [0.1, 0.15) is 6.10 Å². The molecule has 0 saturated carbocycles. The predicted molar refractivity (Wildman–Crippen MR) is 123 cm³/mol. The van der Waals surface area contributed by atoms with Gasteiger partial charge < -0.3 is 20.1 Å². The quantitative estimate of drug-likeness (QED) is 0.482. The van der Waals surface area contributed by atoms with E-state index in [1.54, 1.807) is 24.3 Å². The first-order valence-electron chi connectivity index (χ1n) is 11.7. The van der Waals surface area contributed by atoms with Crippen LogP contribution in [0.15, 0.2) is 29.2 Å². The summed E-state index contributed by atoms with van der Waals surface area (Å²) >= 11 is 0. The second kappa shape index (κ2) is 12.1. The van der Waals surface area contributed by atoms with Crippen molar-refractivity contribution in [3.63, 3.8) is 0 Å². The van der Waals surface area contributed by atoms with Crippen molar-refractivity contribution in [1.82, 2.24) is 14.9 Å². The molecule has 0 spiro atoms. The van der Waals surface area contributed by atoms with Crippen LogP contribution >= 0.6 is 0 Å². The van der Waals surface area contributed by atoms with Gasteiger partial charge in [-0.1, -0.05) is 24.1 Å². The van der Waals surface area contributed by atoms with Crippen molar-refractivity contribution in [2.45, 2.75) is 75.0 Å². The minimum absolute atomic E-state index is 0.00747. The third kappa shape index (κ3) is 7.52. The molecule has 3 atom stereocenters. The van der Waals surface area contributed by atoms with E-state index >= 15 is 0 Å².